The summed E-state index contributed by atoms with van der Waals surface area (Å²) < 4.78 is 17.2. The fourth-order valence-electron chi connectivity index (χ4n) is 3.84. The molecular formula is C24H26BrN3O4W. The summed E-state index contributed by atoms with van der Waals surface area (Å²) >= 11 is 3.48. The third-order valence-electron chi connectivity index (χ3n) is 5.40. The van der Waals surface area contributed by atoms with Gasteiger partial charge in [0, 0.05) is 4.47 Å². The first kappa shape index (κ1) is 27.2. The van der Waals surface area contributed by atoms with Gasteiger partial charge < -0.3 is 26.7 Å². The molecule has 0 bridgehead atoms. The molecule has 0 aliphatic carbocycles. The van der Waals surface area contributed by atoms with Crippen molar-refractivity contribution in [3.05, 3.63) is 77.1 Å². The number of aromatic nitrogens is 2. The maximum Gasteiger partial charge on any atom is 2.00 e. The molecule has 0 N–H and O–H groups in total. The first-order valence-corrected chi connectivity index (χ1v) is 11.0. The second-order valence-corrected chi connectivity index (χ2v) is 8.19. The van der Waals surface area contributed by atoms with Gasteiger partial charge in [-0.3, -0.25) is 0 Å². The molecule has 0 saturated carbocycles. The maximum absolute atomic E-state index is 11.7. The monoisotopic (exact) mass is 683 g/mol. The van der Waals surface area contributed by atoms with Crippen LogP contribution in [0, 0.1) is 7.43 Å². The van der Waals surface area contributed by atoms with Crippen LogP contribution in [0.1, 0.15) is 31.2 Å². The molecule has 0 spiro atoms. The van der Waals surface area contributed by atoms with Crippen molar-refractivity contribution >= 4 is 21.9 Å². The molecule has 1 saturated heterocycles. The van der Waals surface area contributed by atoms with E-state index in [4.69, 9.17) is 19.0 Å². The summed E-state index contributed by atoms with van der Waals surface area (Å²) in [4.78, 5) is 16.5. The Morgan fingerprint density at radius 2 is 1.91 bits per heavy atom. The van der Waals surface area contributed by atoms with Gasteiger partial charge in [-0.2, -0.15) is 4.98 Å². The van der Waals surface area contributed by atoms with Crippen molar-refractivity contribution in [2.45, 2.75) is 25.2 Å². The molecule has 1 aliphatic rings. The number of carbonyl (C=O) groups is 1. The Bertz CT molecular complexity index is 1040. The standard InChI is InChI=1S/C23H23BrN3O4.CH3.W/c1-2-29-20(28)15-30-19-9-8-17(24)14-18(19)21-26-22(27-31-21)23(10-12-25-13-11-23)16-6-4-3-5-7-16;;/h3-9,14H,2,10-13,15H2,1H3;1H3;/q2*-1;+2. The van der Waals surface area contributed by atoms with Crippen molar-refractivity contribution in [2.75, 3.05) is 26.3 Å². The molecule has 0 amide bonds. The minimum Gasteiger partial charge on any atom is -0.662 e. The molecule has 1 fully saturated rings. The van der Waals surface area contributed by atoms with Crippen LogP contribution in [0.3, 0.4) is 0 Å². The van der Waals surface area contributed by atoms with Crippen molar-refractivity contribution in [2.24, 2.45) is 0 Å². The van der Waals surface area contributed by atoms with Gasteiger partial charge in [-0.05, 0) is 30.7 Å². The molecule has 1 aliphatic heterocycles. The summed E-state index contributed by atoms with van der Waals surface area (Å²) in [5, 5.41) is 8.88. The normalized spacial score (nSPS) is 14.5. The van der Waals surface area contributed by atoms with Crippen molar-refractivity contribution in [3.8, 4) is 17.2 Å². The van der Waals surface area contributed by atoms with Crippen LogP contribution in [-0.4, -0.2) is 42.4 Å². The second kappa shape index (κ2) is 12.4. The molecule has 4 rings (SSSR count). The SMILES string of the molecule is CCOC(=O)COc1ccc(Br)cc1-c1nc(C2(c3ccccc3)CC[N-]CC2)no1.[CH3-].[W+2]. The predicted molar refractivity (Wildman–Crippen MR) is 126 cm³/mol. The summed E-state index contributed by atoms with van der Waals surface area (Å²) in [6.45, 7) is 3.37. The van der Waals surface area contributed by atoms with Crippen molar-refractivity contribution in [1.82, 2.24) is 10.1 Å². The molecule has 1 aromatic heterocycles. The Balaban J connectivity index is 0.00000193. The van der Waals surface area contributed by atoms with E-state index in [-0.39, 0.29) is 40.5 Å². The van der Waals surface area contributed by atoms with E-state index in [1.807, 2.05) is 30.3 Å². The minimum atomic E-state index is -0.434. The van der Waals surface area contributed by atoms with Crippen LogP contribution in [0.5, 0.6) is 5.75 Å². The molecule has 0 radical (unpaired) electrons. The van der Waals surface area contributed by atoms with Gasteiger partial charge >= 0.3 is 27.0 Å². The summed E-state index contributed by atoms with van der Waals surface area (Å²) in [7, 11) is 0. The average Bonchev–Trinajstić information content (AvgIpc) is 3.30. The number of carbonyl (C=O) groups excluding carboxylic acids is 1. The van der Waals surface area contributed by atoms with E-state index in [1.54, 1.807) is 13.0 Å². The van der Waals surface area contributed by atoms with E-state index < -0.39 is 5.97 Å². The van der Waals surface area contributed by atoms with E-state index in [9.17, 15) is 4.79 Å². The second-order valence-electron chi connectivity index (χ2n) is 7.28. The van der Waals surface area contributed by atoms with Crippen LogP contribution in [0.2, 0.25) is 0 Å². The molecular weight excluding hydrogens is 658 g/mol. The third kappa shape index (κ3) is 6.11. The molecule has 2 heterocycles. The number of ether oxygens (including phenoxy) is 2. The summed E-state index contributed by atoms with van der Waals surface area (Å²) in [6, 6.07) is 15.7. The Morgan fingerprint density at radius 3 is 2.61 bits per heavy atom. The van der Waals surface area contributed by atoms with Crippen LogP contribution in [0.4, 0.5) is 0 Å². The zero-order valence-corrected chi connectivity index (χ0v) is 23.1. The van der Waals surface area contributed by atoms with Crippen LogP contribution in [0.25, 0.3) is 16.8 Å². The number of rotatable bonds is 7. The van der Waals surface area contributed by atoms with Crippen molar-refractivity contribution in [3.63, 3.8) is 0 Å². The van der Waals surface area contributed by atoms with E-state index in [0.29, 0.717) is 29.6 Å². The van der Waals surface area contributed by atoms with Crippen LogP contribution in [-0.2, 0) is 36.0 Å². The fraction of sp³-hybridized carbons (Fsp3) is 0.333. The first-order valence-electron chi connectivity index (χ1n) is 10.2. The third-order valence-corrected chi connectivity index (χ3v) is 5.89. The maximum atomic E-state index is 11.7. The van der Waals surface area contributed by atoms with Gasteiger partial charge in [0.15, 0.2) is 12.4 Å². The van der Waals surface area contributed by atoms with Gasteiger partial charge in [0.25, 0.3) is 5.89 Å². The van der Waals surface area contributed by atoms with E-state index in [1.165, 1.54) is 0 Å². The smallest absolute Gasteiger partial charge is 0.662 e. The molecule has 7 nitrogen and oxygen atoms in total. The van der Waals surface area contributed by atoms with Gasteiger partial charge in [-0.25, -0.2) is 4.79 Å². The quantitative estimate of drug-likeness (QED) is 0.247. The van der Waals surface area contributed by atoms with Crippen LogP contribution < -0.4 is 4.74 Å². The molecule has 174 valence electrons. The van der Waals surface area contributed by atoms with Crippen molar-refractivity contribution in [1.29, 1.82) is 0 Å². The number of nitrogens with zero attached hydrogens (tertiary/aromatic N) is 3. The van der Waals surface area contributed by atoms with E-state index in [0.717, 1.165) is 36.0 Å². The summed E-state index contributed by atoms with van der Waals surface area (Å²) in [5.41, 5.74) is 1.43. The van der Waals surface area contributed by atoms with E-state index in [2.05, 4.69) is 38.5 Å². The largest absolute Gasteiger partial charge is 2.00 e. The fourth-order valence-corrected chi connectivity index (χ4v) is 4.20. The number of piperidine rings is 1. The molecule has 0 unspecified atom stereocenters. The van der Waals surface area contributed by atoms with Gasteiger partial charge in [0.2, 0.25) is 0 Å². The van der Waals surface area contributed by atoms with Gasteiger partial charge in [-0.1, -0.05) is 64.3 Å². The van der Waals surface area contributed by atoms with Crippen LogP contribution >= 0.6 is 15.9 Å². The molecule has 3 aromatic rings. The Kier molecular flexibility index (Phi) is 10.3. The summed E-state index contributed by atoms with van der Waals surface area (Å²) in [5.74, 6) is 1.02. The number of esters is 1. The topological polar surface area (TPSA) is 88.5 Å². The Labute approximate surface area is 217 Å². The Morgan fingerprint density at radius 1 is 1.18 bits per heavy atom. The van der Waals surface area contributed by atoms with Gasteiger partial charge in [0.1, 0.15) is 5.75 Å². The minimum absolute atomic E-state index is 0. The number of hydrogen-bond acceptors (Lipinski definition) is 6. The number of hydrogen-bond donors (Lipinski definition) is 0. The number of halogens is 1. The molecule has 33 heavy (non-hydrogen) atoms. The average molecular weight is 684 g/mol. The van der Waals surface area contributed by atoms with Crippen molar-refractivity contribution < 1.29 is 39.9 Å². The van der Waals surface area contributed by atoms with Gasteiger partial charge in [0.05, 0.1) is 17.6 Å². The van der Waals surface area contributed by atoms with Crippen LogP contribution in [0.15, 0.2) is 57.5 Å². The zero-order valence-electron chi connectivity index (χ0n) is 18.6. The molecule has 9 heteroatoms. The number of benzene rings is 2. The Hall–Kier alpha value is -2.02. The zero-order chi connectivity index (χ0) is 21.7. The van der Waals surface area contributed by atoms with Gasteiger partial charge in [-0.15, -0.1) is 13.1 Å². The summed E-state index contributed by atoms with van der Waals surface area (Å²) in [6.07, 6.45) is 1.64. The molecule has 0 atom stereocenters. The van der Waals surface area contributed by atoms with E-state index >= 15 is 0 Å². The molecule has 2 aromatic carbocycles. The predicted octanol–water partition coefficient (Wildman–Crippen LogP) is 5.34. The first-order chi connectivity index (χ1) is 15.1.